The van der Waals surface area contributed by atoms with Gasteiger partial charge in [-0.05, 0) is 69.4 Å². The van der Waals surface area contributed by atoms with Gasteiger partial charge in [0.2, 0.25) is 0 Å². The highest BCUT2D eigenvalue weighted by Gasteiger charge is 2.59. The van der Waals surface area contributed by atoms with E-state index in [0.29, 0.717) is 30.1 Å². The number of nitrogens with one attached hydrogen (secondary N) is 2. The molecule has 2 N–H and O–H groups in total. The number of aromatic nitrogens is 3. The Morgan fingerprint density at radius 2 is 1.55 bits per heavy atom. The van der Waals surface area contributed by atoms with Crippen molar-refractivity contribution in [2.75, 3.05) is 0 Å². The van der Waals surface area contributed by atoms with Crippen LogP contribution in [0.3, 0.4) is 0 Å². The highest BCUT2D eigenvalue weighted by atomic mass is 19.4. The average Bonchev–Trinajstić information content (AvgIpc) is 2.71. The molecule has 6 rings (SSSR count). The molecule has 33 heavy (non-hydrogen) atoms. The summed E-state index contributed by atoms with van der Waals surface area (Å²) in [6, 6.07) is 5.31. The van der Waals surface area contributed by atoms with E-state index in [-0.39, 0.29) is 11.6 Å². The predicted molar refractivity (Wildman–Crippen MR) is 111 cm³/mol. The molecule has 4 aliphatic rings. The Labute approximate surface area is 188 Å². The van der Waals surface area contributed by atoms with Crippen LogP contribution in [0.15, 0.2) is 30.6 Å². The number of aryl methyl sites for hydroxylation is 1. The molecule has 7 nitrogen and oxygen atoms in total. The third kappa shape index (κ3) is 4.18. The first-order valence-corrected chi connectivity index (χ1v) is 11.0. The highest BCUT2D eigenvalue weighted by Crippen LogP contribution is 2.57. The molecule has 4 bridgehead atoms. The molecule has 2 unspecified atom stereocenters. The van der Waals surface area contributed by atoms with Crippen LogP contribution < -0.4 is 10.6 Å². The van der Waals surface area contributed by atoms with Crippen molar-refractivity contribution in [3.63, 3.8) is 0 Å². The first-order chi connectivity index (χ1) is 15.5. The Morgan fingerprint density at radius 1 is 0.939 bits per heavy atom. The summed E-state index contributed by atoms with van der Waals surface area (Å²) in [6.45, 7) is 1.83. The number of rotatable bonds is 4. The zero-order chi connectivity index (χ0) is 23.4. The molecule has 2 aromatic rings. The van der Waals surface area contributed by atoms with E-state index in [4.69, 9.17) is 0 Å². The quantitative estimate of drug-likeness (QED) is 0.730. The number of carbonyl (C=O) groups is 2. The van der Waals surface area contributed by atoms with Gasteiger partial charge in [0.25, 0.3) is 11.8 Å². The summed E-state index contributed by atoms with van der Waals surface area (Å²) >= 11 is 0. The molecule has 2 aromatic heterocycles. The van der Waals surface area contributed by atoms with Crippen LogP contribution in [0.2, 0.25) is 0 Å². The van der Waals surface area contributed by atoms with Gasteiger partial charge in [0.1, 0.15) is 11.4 Å². The van der Waals surface area contributed by atoms with E-state index < -0.39 is 28.9 Å². The summed E-state index contributed by atoms with van der Waals surface area (Å²) in [6.07, 6.45) is 1.70. The van der Waals surface area contributed by atoms with Crippen molar-refractivity contribution in [1.82, 2.24) is 25.6 Å². The standard InChI is InChI=1S/C23H24F3N5O2/c1-13-3-2-4-16(29-13)19(32)30-21-6-14-5-15(7-21)9-22(8-14,12-21)31-20(33)17-10-28-18(11-27-17)23(24,25)26/h2-4,10-11,14-15H,5-9,12H2,1H3,(H,30,32)(H,31,33). The molecular formula is C23H24F3N5O2. The minimum absolute atomic E-state index is 0.152. The first-order valence-electron chi connectivity index (χ1n) is 11.0. The molecule has 4 aliphatic carbocycles. The molecule has 0 saturated heterocycles. The fourth-order valence-electron chi connectivity index (χ4n) is 6.43. The van der Waals surface area contributed by atoms with E-state index >= 15 is 0 Å². The van der Waals surface area contributed by atoms with E-state index in [2.05, 4.69) is 25.6 Å². The second-order valence-electron chi connectivity index (χ2n) is 9.88. The Bertz CT molecular complexity index is 1090. The highest BCUT2D eigenvalue weighted by molar-refractivity contribution is 5.93. The van der Waals surface area contributed by atoms with E-state index in [0.717, 1.165) is 44.0 Å². The third-order valence-electron chi connectivity index (χ3n) is 7.11. The van der Waals surface area contributed by atoms with Crippen molar-refractivity contribution in [3.05, 3.63) is 53.4 Å². The van der Waals surface area contributed by atoms with E-state index in [1.165, 1.54) is 0 Å². The van der Waals surface area contributed by atoms with E-state index in [9.17, 15) is 22.8 Å². The van der Waals surface area contributed by atoms with Crippen LogP contribution in [-0.2, 0) is 6.18 Å². The Balaban J connectivity index is 1.34. The Morgan fingerprint density at radius 3 is 2.06 bits per heavy atom. The second-order valence-corrected chi connectivity index (χ2v) is 9.88. The summed E-state index contributed by atoms with van der Waals surface area (Å²) in [5.74, 6) is -0.0530. The maximum atomic E-state index is 13.0. The van der Waals surface area contributed by atoms with Crippen LogP contribution in [0.5, 0.6) is 0 Å². The summed E-state index contributed by atoms with van der Waals surface area (Å²) < 4.78 is 38.3. The Hall–Kier alpha value is -3.04. The Kier molecular flexibility index (Phi) is 4.95. The van der Waals surface area contributed by atoms with Crippen LogP contribution in [0, 0.1) is 18.8 Å². The van der Waals surface area contributed by atoms with Gasteiger partial charge in [-0.15, -0.1) is 0 Å². The molecule has 0 spiro atoms. The molecule has 0 aromatic carbocycles. The maximum absolute atomic E-state index is 13.0. The monoisotopic (exact) mass is 459 g/mol. The number of hydrogen-bond donors (Lipinski definition) is 2. The number of nitrogens with zero attached hydrogens (tertiary/aromatic N) is 3. The summed E-state index contributed by atoms with van der Waals surface area (Å²) in [5.41, 5.74) is -1.13. The number of alkyl halides is 3. The molecule has 2 heterocycles. The van der Waals surface area contributed by atoms with Crippen molar-refractivity contribution in [3.8, 4) is 0 Å². The molecule has 4 fully saturated rings. The minimum atomic E-state index is -4.61. The minimum Gasteiger partial charge on any atom is -0.345 e. The molecule has 0 radical (unpaired) electrons. The SMILES string of the molecule is Cc1cccc(C(=O)NC23CC4CC(CC(NC(=O)c5cnc(C(F)(F)F)cn5)(C4)C2)C3)n1. The zero-order valence-corrected chi connectivity index (χ0v) is 18.1. The normalized spacial score (nSPS) is 30.2. The molecule has 2 atom stereocenters. The molecular weight excluding hydrogens is 435 g/mol. The lowest BCUT2D eigenvalue weighted by Crippen LogP contribution is -2.70. The van der Waals surface area contributed by atoms with Crippen LogP contribution in [-0.4, -0.2) is 37.8 Å². The summed E-state index contributed by atoms with van der Waals surface area (Å²) in [7, 11) is 0. The number of carbonyl (C=O) groups excluding carboxylic acids is 2. The van der Waals surface area contributed by atoms with Crippen LogP contribution in [0.25, 0.3) is 0 Å². The number of pyridine rings is 1. The van der Waals surface area contributed by atoms with Gasteiger partial charge < -0.3 is 10.6 Å². The molecule has 4 saturated carbocycles. The number of hydrogen-bond acceptors (Lipinski definition) is 5. The summed E-state index contributed by atoms with van der Waals surface area (Å²) in [4.78, 5) is 37.2. The van der Waals surface area contributed by atoms with Gasteiger partial charge in [-0.2, -0.15) is 13.2 Å². The zero-order valence-electron chi connectivity index (χ0n) is 18.1. The van der Waals surface area contributed by atoms with Gasteiger partial charge in [-0.1, -0.05) is 6.07 Å². The lowest BCUT2D eigenvalue weighted by Gasteiger charge is -2.62. The first kappa shape index (κ1) is 21.8. The van der Waals surface area contributed by atoms with Gasteiger partial charge in [-0.3, -0.25) is 9.59 Å². The van der Waals surface area contributed by atoms with E-state index in [1.807, 2.05) is 13.0 Å². The van der Waals surface area contributed by atoms with Crippen LogP contribution in [0.1, 0.15) is 70.9 Å². The van der Waals surface area contributed by atoms with Gasteiger partial charge in [0, 0.05) is 16.8 Å². The third-order valence-corrected chi connectivity index (χ3v) is 7.11. The molecule has 0 aliphatic heterocycles. The van der Waals surface area contributed by atoms with Crippen molar-refractivity contribution >= 4 is 11.8 Å². The van der Waals surface area contributed by atoms with Crippen molar-refractivity contribution in [2.45, 2.75) is 62.7 Å². The summed E-state index contributed by atoms with van der Waals surface area (Å²) in [5, 5.41) is 6.28. The van der Waals surface area contributed by atoms with Gasteiger partial charge in [0.15, 0.2) is 5.69 Å². The molecule has 10 heteroatoms. The fraction of sp³-hybridized carbons (Fsp3) is 0.522. The largest absolute Gasteiger partial charge is 0.434 e. The smallest absolute Gasteiger partial charge is 0.345 e. The number of halogens is 3. The van der Waals surface area contributed by atoms with Crippen LogP contribution in [0.4, 0.5) is 13.2 Å². The lowest BCUT2D eigenvalue weighted by atomic mass is 9.49. The van der Waals surface area contributed by atoms with Crippen molar-refractivity contribution in [2.24, 2.45) is 11.8 Å². The predicted octanol–water partition coefficient (Wildman–Crippen LogP) is 3.45. The van der Waals surface area contributed by atoms with E-state index in [1.54, 1.807) is 12.1 Å². The van der Waals surface area contributed by atoms with Gasteiger partial charge in [0.05, 0.1) is 12.4 Å². The topological polar surface area (TPSA) is 96.9 Å². The van der Waals surface area contributed by atoms with Crippen molar-refractivity contribution < 1.29 is 22.8 Å². The van der Waals surface area contributed by atoms with Crippen LogP contribution >= 0.6 is 0 Å². The molecule has 2 amide bonds. The average molecular weight is 459 g/mol. The lowest BCUT2D eigenvalue weighted by molar-refractivity contribution is -0.141. The fourth-order valence-corrected chi connectivity index (χ4v) is 6.43. The van der Waals surface area contributed by atoms with Crippen molar-refractivity contribution in [1.29, 1.82) is 0 Å². The van der Waals surface area contributed by atoms with Gasteiger partial charge in [-0.25, -0.2) is 15.0 Å². The second kappa shape index (κ2) is 7.50. The maximum Gasteiger partial charge on any atom is 0.434 e. The molecule has 174 valence electrons. The van der Waals surface area contributed by atoms with Gasteiger partial charge >= 0.3 is 6.18 Å². The number of amides is 2.